The molecule has 154 valence electrons. The van der Waals surface area contributed by atoms with Crippen molar-refractivity contribution in [2.75, 3.05) is 0 Å². The number of carbonyl (C=O) groups is 1. The predicted molar refractivity (Wildman–Crippen MR) is 116 cm³/mol. The lowest BCUT2D eigenvalue weighted by Gasteiger charge is -2.26. The van der Waals surface area contributed by atoms with E-state index in [0.717, 1.165) is 30.4 Å². The van der Waals surface area contributed by atoms with E-state index in [1.807, 2.05) is 48.5 Å². The summed E-state index contributed by atoms with van der Waals surface area (Å²) in [6, 6.07) is 23.6. The summed E-state index contributed by atoms with van der Waals surface area (Å²) in [5, 5.41) is 3.07. The van der Waals surface area contributed by atoms with Crippen LogP contribution in [0.1, 0.15) is 45.9 Å². The molecule has 0 fully saturated rings. The molecule has 0 aromatic heterocycles. The molecule has 4 rings (SSSR count). The number of nitrogens with one attached hydrogen (secondary N) is 2. The average Bonchev–Trinajstić information content (AvgIpc) is 2.79. The highest BCUT2D eigenvalue weighted by atomic mass is 32.2. The van der Waals surface area contributed by atoms with Crippen LogP contribution in [-0.4, -0.2) is 14.3 Å². The molecule has 2 N–H and O–H groups in total. The fourth-order valence-electron chi connectivity index (χ4n) is 3.81. The van der Waals surface area contributed by atoms with Crippen LogP contribution in [0.15, 0.2) is 83.8 Å². The van der Waals surface area contributed by atoms with E-state index in [2.05, 4.69) is 16.1 Å². The largest absolute Gasteiger partial charge is 0.345 e. The van der Waals surface area contributed by atoms with Gasteiger partial charge >= 0.3 is 0 Å². The van der Waals surface area contributed by atoms with Crippen LogP contribution in [0, 0.1) is 0 Å². The van der Waals surface area contributed by atoms with Gasteiger partial charge in [0.25, 0.3) is 5.91 Å². The first-order valence-electron chi connectivity index (χ1n) is 10.1. The zero-order valence-corrected chi connectivity index (χ0v) is 17.4. The summed E-state index contributed by atoms with van der Waals surface area (Å²) in [7, 11) is -3.73. The number of hydrogen-bond donors (Lipinski definition) is 2. The summed E-state index contributed by atoms with van der Waals surface area (Å²) in [5.41, 5.74) is 3.60. The molecule has 3 aromatic rings. The third kappa shape index (κ3) is 4.61. The summed E-state index contributed by atoms with van der Waals surface area (Å²) >= 11 is 0. The first-order valence-corrected chi connectivity index (χ1v) is 11.5. The Morgan fingerprint density at radius 3 is 2.53 bits per heavy atom. The highest BCUT2D eigenvalue weighted by molar-refractivity contribution is 7.89. The number of benzene rings is 3. The van der Waals surface area contributed by atoms with Gasteiger partial charge in [0.15, 0.2) is 0 Å². The van der Waals surface area contributed by atoms with Crippen LogP contribution >= 0.6 is 0 Å². The molecule has 0 spiro atoms. The van der Waals surface area contributed by atoms with E-state index in [-0.39, 0.29) is 23.4 Å². The topological polar surface area (TPSA) is 75.3 Å². The van der Waals surface area contributed by atoms with Crippen LogP contribution in [0.4, 0.5) is 0 Å². The molecule has 1 aliphatic rings. The van der Waals surface area contributed by atoms with E-state index in [4.69, 9.17) is 0 Å². The molecule has 1 amide bonds. The monoisotopic (exact) mass is 420 g/mol. The van der Waals surface area contributed by atoms with Crippen molar-refractivity contribution in [1.82, 2.24) is 10.0 Å². The Kier molecular flexibility index (Phi) is 5.97. The molecule has 0 aliphatic heterocycles. The van der Waals surface area contributed by atoms with E-state index >= 15 is 0 Å². The van der Waals surface area contributed by atoms with Crippen LogP contribution in [0.25, 0.3) is 0 Å². The summed E-state index contributed by atoms with van der Waals surface area (Å²) in [6.07, 6.45) is 2.91. The van der Waals surface area contributed by atoms with E-state index in [0.29, 0.717) is 5.56 Å². The lowest BCUT2D eigenvalue weighted by atomic mass is 9.87. The zero-order valence-electron chi connectivity index (χ0n) is 16.5. The first kappa shape index (κ1) is 20.3. The Morgan fingerprint density at radius 2 is 1.70 bits per heavy atom. The second-order valence-corrected chi connectivity index (χ2v) is 9.22. The molecule has 1 aliphatic carbocycles. The Morgan fingerprint density at radius 1 is 0.933 bits per heavy atom. The molecule has 0 saturated carbocycles. The van der Waals surface area contributed by atoms with E-state index < -0.39 is 10.0 Å². The number of rotatable bonds is 6. The summed E-state index contributed by atoms with van der Waals surface area (Å²) in [5.74, 6) is -0.267. The quantitative estimate of drug-likeness (QED) is 0.634. The SMILES string of the molecule is O=C(N[C@H]1CCCc2ccccc21)c1cccc(S(=O)(=O)NCc2ccccc2)c1. The van der Waals surface area contributed by atoms with Crippen molar-refractivity contribution in [3.63, 3.8) is 0 Å². The number of amides is 1. The Balaban J connectivity index is 1.48. The van der Waals surface area contributed by atoms with E-state index in [1.165, 1.54) is 17.7 Å². The Labute approximate surface area is 177 Å². The predicted octanol–water partition coefficient (Wildman–Crippen LogP) is 3.97. The molecule has 3 aromatic carbocycles. The van der Waals surface area contributed by atoms with Crippen LogP contribution in [0.5, 0.6) is 0 Å². The van der Waals surface area contributed by atoms with Crippen molar-refractivity contribution < 1.29 is 13.2 Å². The summed E-state index contributed by atoms with van der Waals surface area (Å²) < 4.78 is 28.0. The molecule has 0 bridgehead atoms. The fraction of sp³-hybridized carbons (Fsp3) is 0.208. The summed E-state index contributed by atoms with van der Waals surface area (Å²) in [4.78, 5) is 12.9. The Hall–Kier alpha value is -2.96. The normalized spacial score (nSPS) is 15.9. The van der Waals surface area contributed by atoms with Gasteiger partial charge in [0, 0.05) is 12.1 Å². The molecular formula is C24H24N2O3S. The van der Waals surface area contributed by atoms with Gasteiger partial charge in [-0.2, -0.15) is 0 Å². The lowest BCUT2D eigenvalue weighted by Crippen LogP contribution is -2.31. The van der Waals surface area contributed by atoms with Gasteiger partial charge in [-0.15, -0.1) is 0 Å². The van der Waals surface area contributed by atoms with Gasteiger partial charge in [-0.1, -0.05) is 60.7 Å². The first-order chi connectivity index (χ1) is 14.5. The summed E-state index contributed by atoms with van der Waals surface area (Å²) in [6.45, 7) is 0.193. The van der Waals surface area contributed by atoms with Gasteiger partial charge in [-0.3, -0.25) is 4.79 Å². The van der Waals surface area contributed by atoms with Gasteiger partial charge in [-0.05, 0) is 54.2 Å². The van der Waals surface area contributed by atoms with Crippen molar-refractivity contribution >= 4 is 15.9 Å². The van der Waals surface area contributed by atoms with Crippen molar-refractivity contribution in [1.29, 1.82) is 0 Å². The average molecular weight is 421 g/mol. The Bertz CT molecular complexity index is 1140. The van der Waals surface area contributed by atoms with Crippen molar-refractivity contribution in [2.45, 2.75) is 36.7 Å². The molecule has 0 radical (unpaired) electrons. The fourth-order valence-corrected chi connectivity index (χ4v) is 4.87. The maximum atomic E-state index is 12.9. The van der Waals surface area contributed by atoms with Crippen LogP contribution in [-0.2, 0) is 23.0 Å². The lowest BCUT2D eigenvalue weighted by molar-refractivity contribution is 0.0932. The van der Waals surface area contributed by atoms with Gasteiger partial charge in [0.05, 0.1) is 10.9 Å². The minimum absolute atomic E-state index is 0.0566. The van der Waals surface area contributed by atoms with Gasteiger partial charge < -0.3 is 5.32 Å². The maximum Gasteiger partial charge on any atom is 0.251 e. The van der Waals surface area contributed by atoms with Crippen LogP contribution < -0.4 is 10.0 Å². The van der Waals surface area contributed by atoms with E-state index in [9.17, 15) is 13.2 Å². The minimum atomic E-state index is -3.73. The maximum absolute atomic E-state index is 12.9. The molecule has 6 heteroatoms. The highest BCUT2D eigenvalue weighted by Gasteiger charge is 2.23. The third-order valence-electron chi connectivity index (χ3n) is 5.39. The molecule has 0 unspecified atom stereocenters. The van der Waals surface area contributed by atoms with Crippen LogP contribution in [0.3, 0.4) is 0 Å². The highest BCUT2D eigenvalue weighted by Crippen LogP contribution is 2.29. The molecular weight excluding hydrogens is 396 g/mol. The zero-order chi connectivity index (χ0) is 21.0. The molecule has 0 heterocycles. The number of fused-ring (bicyclic) bond motifs is 1. The van der Waals surface area contributed by atoms with Crippen molar-refractivity contribution in [3.05, 3.63) is 101 Å². The second-order valence-electron chi connectivity index (χ2n) is 7.46. The van der Waals surface area contributed by atoms with Gasteiger partial charge in [0.2, 0.25) is 10.0 Å². The number of aryl methyl sites for hydroxylation is 1. The standard InChI is InChI=1S/C24H24N2O3S/c27-24(26-23-15-7-11-19-10-4-5-14-22(19)23)20-12-6-13-21(16-20)30(28,29)25-17-18-8-2-1-3-9-18/h1-6,8-10,12-14,16,23,25H,7,11,15,17H2,(H,26,27)/t23-/m0/s1. The second kappa shape index (κ2) is 8.81. The molecule has 30 heavy (non-hydrogen) atoms. The minimum Gasteiger partial charge on any atom is -0.345 e. The number of sulfonamides is 1. The van der Waals surface area contributed by atoms with Crippen molar-refractivity contribution in [3.8, 4) is 0 Å². The molecule has 5 nitrogen and oxygen atoms in total. The number of hydrogen-bond acceptors (Lipinski definition) is 3. The third-order valence-corrected chi connectivity index (χ3v) is 6.79. The smallest absolute Gasteiger partial charge is 0.251 e. The van der Waals surface area contributed by atoms with Gasteiger partial charge in [-0.25, -0.2) is 13.1 Å². The van der Waals surface area contributed by atoms with Crippen molar-refractivity contribution in [2.24, 2.45) is 0 Å². The van der Waals surface area contributed by atoms with Gasteiger partial charge in [0.1, 0.15) is 0 Å². The van der Waals surface area contributed by atoms with E-state index in [1.54, 1.807) is 12.1 Å². The molecule has 0 saturated heterocycles. The number of carbonyl (C=O) groups excluding carboxylic acids is 1. The van der Waals surface area contributed by atoms with Crippen LogP contribution in [0.2, 0.25) is 0 Å². The molecule has 1 atom stereocenters.